The zero-order valence-corrected chi connectivity index (χ0v) is 19.6. The van der Waals surface area contributed by atoms with E-state index in [-0.39, 0.29) is 18.0 Å². The number of non-ortho nitro benzene ring substituents is 1. The first-order valence-corrected chi connectivity index (χ1v) is 10.9. The van der Waals surface area contributed by atoms with Crippen molar-refractivity contribution in [1.29, 1.82) is 0 Å². The lowest BCUT2D eigenvalue weighted by molar-refractivity contribution is -0.393. The van der Waals surface area contributed by atoms with Crippen LogP contribution in [0.15, 0.2) is 76.3 Å². The van der Waals surface area contributed by atoms with Crippen molar-refractivity contribution in [2.45, 2.75) is 19.8 Å². The highest BCUT2D eigenvalue weighted by Gasteiger charge is 2.19. The molecular weight excluding hydrogens is 506 g/mol. The minimum Gasteiger partial charge on any atom is -0.326 e. The van der Waals surface area contributed by atoms with Crippen molar-refractivity contribution in [2.75, 3.05) is 10.7 Å². The number of anilines is 2. The molecule has 10 nitrogen and oxygen atoms in total. The van der Waals surface area contributed by atoms with Crippen LogP contribution in [0.4, 0.5) is 22.7 Å². The average Bonchev–Trinajstić information content (AvgIpc) is 2.80. The number of hydrogen-bond acceptors (Lipinski definition) is 7. The number of amides is 1. The van der Waals surface area contributed by atoms with E-state index in [9.17, 15) is 25.0 Å². The van der Waals surface area contributed by atoms with E-state index in [0.717, 1.165) is 28.6 Å². The van der Waals surface area contributed by atoms with E-state index < -0.39 is 21.2 Å². The zero-order chi connectivity index (χ0) is 24.7. The zero-order valence-electron chi connectivity index (χ0n) is 18.0. The number of nitro benzene ring substituents is 2. The van der Waals surface area contributed by atoms with Gasteiger partial charge in [0, 0.05) is 21.9 Å². The Bertz CT molecular complexity index is 1240. The lowest BCUT2D eigenvalue weighted by Gasteiger charge is -2.08. The van der Waals surface area contributed by atoms with Crippen molar-refractivity contribution in [3.63, 3.8) is 0 Å². The quantitative estimate of drug-likeness (QED) is 0.209. The minimum absolute atomic E-state index is 0.0169. The summed E-state index contributed by atoms with van der Waals surface area (Å²) in [6.07, 6.45) is 0.724. The first-order chi connectivity index (χ1) is 16.2. The molecule has 0 aromatic heterocycles. The van der Waals surface area contributed by atoms with Crippen LogP contribution in [0.25, 0.3) is 0 Å². The summed E-state index contributed by atoms with van der Waals surface area (Å²) in [6, 6.07) is 18.7. The maximum absolute atomic E-state index is 12.3. The largest absolute Gasteiger partial charge is 0.326 e. The number of carbonyl (C=O) groups is 1. The topological polar surface area (TPSA) is 140 Å². The highest BCUT2D eigenvalue weighted by Crippen LogP contribution is 2.29. The third kappa shape index (κ3) is 6.94. The van der Waals surface area contributed by atoms with Gasteiger partial charge < -0.3 is 5.32 Å². The van der Waals surface area contributed by atoms with Crippen LogP contribution in [0.3, 0.4) is 0 Å². The first-order valence-electron chi connectivity index (χ1n) is 10.1. The van der Waals surface area contributed by atoms with E-state index in [1.807, 2.05) is 48.5 Å². The average molecular weight is 526 g/mol. The van der Waals surface area contributed by atoms with Crippen LogP contribution >= 0.6 is 15.9 Å². The number of nitro groups is 2. The Balaban J connectivity index is 1.57. The van der Waals surface area contributed by atoms with Crippen LogP contribution < -0.4 is 10.7 Å². The molecule has 0 unspecified atom stereocenters. The van der Waals surface area contributed by atoms with Crippen molar-refractivity contribution in [1.82, 2.24) is 0 Å². The monoisotopic (exact) mass is 525 g/mol. The van der Waals surface area contributed by atoms with Gasteiger partial charge >= 0.3 is 5.69 Å². The number of hydrogen-bond donors (Lipinski definition) is 2. The van der Waals surface area contributed by atoms with E-state index in [0.29, 0.717) is 11.4 Å². The Hall–Kier alpha value is -4.12. The van der Waals surface area contributed by atoms with Gasteiger partial charge in [0.15, 0.2) is 0 Å². The normalized spacial score (nSPS) is 11.1. The molecular formula is C23H20BrN5O5. The van der Waals surface area contributed by atoms with Gasteiger partial charge in [0.05, 0.1) is 22.3 Å². The number of rotatable bonds is 9. The first kappa shape index (κ1) is 24.5. The van der Waals surface area contributed by atoms with Gasteiger partial charge in [0.1, 0.15) is 5.69 Å². The molecule has 0 aliphatic heterocycles. The van der Waals surface area contributed by atoms with Gasteiger partial charge in [0.25, 0.3) is 5.69 Å². The summed E-state index contributed by atoms with van der Waals surface area (Å²) in [4.78, 5) is 32.9. The van der Waals surface area contributed by atoms with Crippen molar-refractivity contribution in [3.8, 4) is 0 Å². The minimum atomic E-state index is -0.743. The van der Waals surface area contributed by atoms with Gasteiger partial charge in [-0.25, -0.2) is 0 Å². The number of hydrazone groups is 1. The van der Waals surface area contributed by atoms with Gasteiger partial charge in [0.2, 0.25) is 5.91 Å². The molecule has 34 heavy (non-hydrogen) atoms. The van der Waals surface area contributed by atoms with Crippen molar-refractivity contribution >= 4 is 50.3 Å². The molecule has 0 aliphatic carbocycles. The molecule has 11 heteroatoms. The molecule has 2 N–H and O–H groups in total. The van der Waals surface area contributed by atoms with Crippen LogP contribution in [-0.4, -0.2) is 21.5 Å². The van der Waals surface area contributed by atoms with E-state index in [2.05, 4.69) is 31.8 Å². The fraction of sp³-hybridized carbons (Fsp3) is 0.130. The number of nitrogens with one attached hydrogen (secondary N) is 2. The van der Waals surface area contributed by atoms with E-state index >= 15 is 0 Å². The molecule has 0 spiro atoms. The lowest BCUT2D eigenvalue weighted by Crippen LogP contribution is -2.15. The van der Waals surface area contributed by atoms with Gasteiger partial charge in [-0.2, -0.15) is 5.10 Å². The summed E-state index contributed by atoms with van der Waals surface area (Å²) in [7, 11) is 0. The van der Waals surface area contributed by atoms with E-state index in [1.165, 1.54) is 11.6 Å². The molecule has 1 amide bonds. The molecule has 3 aromatic carbocycles. The summed E-state index contributed by atoms with van der Waals surface area (Å²) in [5.74, 6) is -0.304. The maximum atomic E-state index is 12.3. The third-order valence-corrected chi connectivity index (χ3v) is 5.26. The number of halogens is 1. The highest BCUT2D eigenvalue weighted by molar-refractivity contribution is 9.10. The molecule has 174 valence electrons. The molecule has 0 saturated carbocycles. The van der Waals surface area contributed by atoms with Gasteiger partial charge in [-0.3, -0.25) is 30.4 Å². The molecule has 0 radical (unpaired) electrons. The molecule has 0 atom stereocenters. The summed E-state index contributed by atoms with van der Waals surface area (Å²) >= 11 is 3.42. The van der Waals surface area contributed by atoms with Crippen LogP contribution in [0.5, 0.6) is 0 Å². The van der Waals surface area contributed by atoms with Crippen molar-refractivity contribution < 1.29 is 14.6 Å². The molecule has 0 bridgehead atoms. The predicted molar refractivity (Wildman–Crippen MR) is 133 cm³/mol. The van der Waals surface area contributed by atoms with Crippen LogP contribution in [0.1, 0.15) is 24.5 Å². The molecule has 0 heterocycles. The number of carbonyl (C=O) groups excluding carboxylic acids is 1. The fourth-order valence-electron chi connectivity index (χ4n) is 3.06. The van der Waals surface area contributed by atoms with Crippen molar-refractivity contribution in [3.05, 3.63) is 103 Å². The van der Waals surface area contributed by atoms with E-state index in [4.69, 9.17) is 0 Å². The Labute approximate surface area is 203 Å². The van der Waals surface area contributed by atoms with Gasteiger partial charge in [-0.05, 0) is 54.8 Å². The molecule has 0 saturated heterocycles. The maximum Gasteiger partial charge on any atom is 0.301 e. The summed E-state index contributed by atoms with van der Waals surface area (Å²) in [5.41, 5.74) is 4.88. The number of nitrogens with zero attached hydrogens (tertiary/aromatic N) is 3. The van der Waals surface area contributed by atoms with Gasteiger partial charge in [-0.15, -0.1) is 0 Å². The van der Waals surface area contributed by atoms with Crippen LogP contribution in [0.2, 0.25) is 0 Å². The molecule has 3 aromatic rings. The SMILES string of the molecule is C/C(CC(=O)Nc1ccc(Cc2ccc(Br)cc2)cc1)=N\Nc1ccc([N+](=O)[O-])cc1[N+](=O)[O-]. The van der Waals surface area contributed by atoms with Crippen molar-refractivity contribution in [2.24, 2.45) is 5.10 Å². The second-order valence-electron chi connectivity index (χ2n) is 7.40. The third-order valence-electron chi connectivity index (χ3n) is 4.73. The lowest BCUT2D eigenvalue weighted by atomic mass is 10.0. The standard InChI is InChI=1S/C23H20BrN5O5/c1-15(26-27-21-11-10-20(28(31)32)14-22(21)29(33)34)12-23(30)25-19-8-4-17(5-9-19)13-16-2-6-18(24)7-3-16/h2-11,14,27H,12-13H2,1H3,(H,25,30)/b26-15+. The Morgan fingerprint density at radius 3 is 2.15 bits per heavy atom. The molecule has 0 fully saturated rings. The predicted octanol–water partition coefficient (Wildman–Crippen LogP) is 5.67. The van der Waals surface area contributed by atoms with E-state index in [1.54, 1.807) is 6.92 Å². The second kappa shape index (κ2) is 11.1. The Kier molecular flexibility index (Phi) is 8.04. The summed E-state index contributed by atoms with van der Waals surface area (Å²) < 4.78 is 1.02. The summed E-state index contributed by atoms with van der Waals surface area (Å²) in [6.45, 7) is 1.59. The van der Waals surface area contributed by atoms with Crippen LogP contribution in [-0.2, 0) is 11.2 Å². The van der Waals surface area contributed by atoms with Gasteiger partial charge in [-0.1, -0.05) is 40.2 Å². The smallest absolute Gasteiger partial charge is 0.301 e. The molecule has 0 aliphatic rings. The summed E-state index contributed by atoms with van der Waals surface area (Å²) in [5, 5.41) is 28.8. The fourth-order valence-corrected chi connectivity index (χ4v) is 3.32. The second-order valence-corrected chi connectivity index (χ2v) is 8.32. The Morgan fingerprint density at radius 1 is 0.941 bits per heavy atom. The van der Waals surface area contributed by atoms with Crippen LogP contribution in [0, 0.1) is 20.2 Å². The number of benzene rings is 3. The molecule has 3 rings (SSSR count). The Morgan fingerprint density at radius 2 is 1.56 bits per heavy atom. The highest BCUT2D eigenvalue weighted by atomic mass is 79.9.